The third-order valence-corrected chi connectivity index (χ3v) is 5.40. The van der Waals surface area contributed by atoms with Gasteiger partial charge in [0.2, 0.25) is 10.0 Å². The molecule has 1 aliphatic heterocycles. The Morgan fingerprint density at radius 1 is 1.42 bits per heavy atom. The molecule has 0 bridgehead atoms. The van der Waals surface area contributed by atoms with E-state index in [0.29, 0.717) is 6.61 Å². The molecule has 0 amide bonds. The summed E-state index contributed by atoms with van der Waals surface area (Å²) in [5.74, 6) is -0.589. The van der Waals surface area contributed by atoms with Crippen LogP contribution in [0.25, 0.3) is 0 Å². The van der Waals surface area contributed by atoms with Gasteiger partial charge in [-0.25, -0.2) is 12.8 Å². The second-order valence-electron chi connectivity index (χ2n) is 5.02. The van der Waals surface area contributed by atoms with E-state index in [9.17, 15) is 12.8 Å². The number of rotatable bonds is 2. The molecular formula is C12H15BrFNO3S. The first-order valence-corrected chi connectivity index (χ1v) is 8.05. The number of hydrogen-bond donors (Lipinski definition) is 0. The van der Waals surface area contributed by atoms with Crippen molar-refractivity contribution >= 4 is 26.0 Å². The summed E-state index contributed by atoms with van der Waals surface area (Å²) in [5, 5.41) is 0. The predicted molar refractivity (Wildman–Crippen MR) is 72.9 cm³/mol. The summed E-state index contributed by atoms with van der Waals surface area (Å²) < 4.78 is 45.4. The molecular weight excluding hydrogens is 337 g/mol. The number of nitrogens with zero attached hydrogens (tertiary/aromatic N) is 1. The molecule has 106 valence electrons. The van der Waals surface area contributed by atoms with Gasteiger partial charge in [0.1, 0.15) is 5.82 Å². The van der Waals surface area contributed by atoms with E-state index in [1.54, 1.807) is 0 Å². The van der Waals surface area contributed by atoms with Crippen molar-refractivity contribution in [1.29, 1.82) is 0 Å². The SMILES string of the molecule is CC1(C)CN(S(=O)(=O)c2ccc(Br)c(F)c2)CCO1. The topological polar surface area (TPSA) is 46.6 Å². The minimum absolute atomic E-state index is 0.0362. The highest BCUT2D eigenvalue weighted by Gasteiger charge is 2.35. The largest absolute Gasteiger partial charge is 0.373 e. The van der Waals surface area contributed by atoms with Crippen molar-refractivity contribution in [3.05, 3.63) is 28.5 Å². The monoisotopic (exact) mass is 351 g/mol. The van der Waals surface area contributed by atoms with Crippen molar-refractivity contribution in [2.45, 2.75) is 24.3 Å². The first kappa shape index (κ1) is 14.9. The summed E-state index contributed by atoms with van der Waals surface area (Å²) in [5.41, 5.74) is -0.529. The maximum atomic E-state index is 13.5. The minimum Gasteiger partial charge on any atom is -0.373 e. The van der Waals surface area contributed by atoms with Crippen LogP contribution in [0.5, 0.6) is 0 Å². The van der Waals surface area contributed by atoms with Gasteiger partial charge in [-0.1, -0.05) is 0 Å². The molecule has 2 rings (SSSR count). The Hall–Kier alpha value is -0.500. The molecule has 1 aliphatic rings. The number of hydrogen-bond acceptors (Lipinski definition) is 3. The Bertz CT molecular complexity index is 589. The molecule has 0 spiro atoms. The second-order valence-corrected chi connectivity index (χ2v) is 7.81. The molecule has 19 heavy (non-hydrogen) atoms. The van der Waals surface area contributed by atoms with Crippen molar-refractivity contribution in [2.24, 2.45) is 0 Å². The molecule has 0 atom stereocenters. The lowest BCUT2D eigenvalue weighted by Gasteiger charge is -2.37. The molecule has 0 saturated carbocycles. The van der Waals surface area contributed by atoms with Gasteiger partial charge in [-0.05, 0) is 48.0 Å². The van der Waals surface area contributed by atoms with Gasteiger partial charge in [-0.2, -0.15) is 4.31 Å². The maximum Gasteiger partial charge on any atom is 0.243 e. The van der Waals surface area contributed by atoms with Crippen LogP contribution < -0.4 is 0 Å². The summed E-state index contributed by atoms with van der Waals surface area (Å²) >= 11 is 3.01. The van der Waals surface area contributed by atoms with E-state index in [1.807, 2.05) is 13.8 Å². The smallest absolute Gasteiger partial charge is 0.243 e. The number of halogens is 2. The Morgan fingerprint density at radius 2 is 2.11 bits per heavy atom. The maximum absolute atomic E-state index is 13.5. The highest BCUT2D eigenvalue weighted by atomic mass is 79.9. The van der Waals surface area contributed by atoms with E-state index in [0.717, 1.165) is 6.07 Å². The first-order chi connectivity index (χ1) is 8.72. The van der Waals surface area contributed by atoms with E-state index >= 15 is 0 Å². The molecule has 0 radical (unpaired) electrons. The van der Waals surface area contributed by atoms with Gasteiger partial charge in [-0.15, -0.1) is 0 Å². The third-order valence-electron chi connectivity index (χ3n) is 2.92. The van der Waals surface area contributed by atoms with Gasteiger partial charge in [-0.3, -0.25) is 0 Å². The van der Waals surface area contributed by atoms with Crippen LogP contribution in [0.15, 0.2) is 27.6 Å². The Labute approximate surface area is 120 Å². The van der Waals surface area contributed by atoms with Crippen molar-refractivity contribution in [3.8, 4) is 0 Å². The standard InChI is InChI=1S/C12H15BrFNO3S/c1-12(2)8-15(5-6-18-12)19(16,17)9-3-4-10(13)11(14)7-9/h3-4,7H,5-6,8H2,1-2H3. The fraction of sp³-hybridized carbons (Fsp3) is 0.500. The normalized spacial score (nSPS) is 20.4. The number of ether oxygens (including phenoxy) is 1. The van der Waals surface area contributed by atoms with Crippen molar-refractivity contribution < 1.29 is 17.5 Å². The second kappa shape index (κ2) is 5.12. The van der Waals surface area contributed by atoms with Crippen LogP contribution in [0.4, 0.5) is 4.39 Å². The van der Waals surface area contributed by atoms with Crippen LogP contribution in [-0.4, -0.2) is 38.0 Å². The molecule has 1 heterocycles. The van der Waals surface area contributed by atoms with Crippen LogP contribution in [0, 0.1) is 5.82 Å². The van der Waals surface area contributed by atoms with Crippen LogP contribution >= 0.6 is 15.9 Å². The molecule has 0 N–H and O–H groups in total. The molecule has 0 unspecified atom stereocenters. The zero-order valence-corrected chi connectivity index (χ0v) is 13.1. The molecule has 1 fully saturated rings. The molecule has 7 heteroatoms. The highest BCUT2D eigenvalue weighted by molar-refractivity contribution is 9.10. The molecule has 0 aromatic heterocycles. The minimum atomic E-state index is -3.68. The number of sulfonamides is 1. The zero-order chi connectivity index (χ0) is 14.3. The Kier molecular flexibility index (Phi) is 4.02. The van der Waals surface area contributed by atoms with E-state index in [1.165, 1.54) is 16.4 Å². The average molecular weight is 352 g/mol. The Morgan fingerprint density at radius 3 is 2.68 bits per heavy atom. The van der Waals surface area contributed by atoms with Crippen molar-refractivity contribution in [1.82, 2.24) is 4.31 Å². The summed E-state index contributed by atoms with van der Waals surface area (Å²) in [4.78, 5) is -0.0362. The van der Waals surface area contributed by atoms with Crippen LogP contribution in [0.2, 0.25) is 0 Å². The van der Waals surface area contributed by atoms with Gasteiger partial charge in [0, 0.05) is 13.1 Å². The van der Waals surface area contributed by atoms with Crippen molar-refractivity contribution in [3.63, 3.8) is 0 Å². The molecule has 1 aromatic carbocycles. The van der Waals surface area contributed by atoms with Crippen molar-refractivity contribution in [2.75, 3.05) is 19.7 Å². The first-order valence-electron chi connectivity index (χ1n) is 5.81. The van der Waals surface area contributed by atoms with Crippen LogP contribution in [-0.2, 0) is 14.8 Å². The molecule has 4 nitrogen and oxygen atoms in total. The summed E-state index contributed by atoms with van der Waals surface area (Å²) in [6.45, 7) is 4.54. The molecule has 1 saturated heterocycles. The fourth-order valence-electron chi connectivity index (χ4n) is 1.96. The average Bonchev–Trinajstić information content (AvgIpc) is 2.31. The van der Waals surface area contributed by atoms with E-state index in [4.69, 9.17) is 4.74 Å². The molecule has 0 aliphatic carbocycles. The fourth-order valence-corrected chi connectivity index (χ4v) is 3.80. The summed E-state index contributed by atoms with van der Waals surface area (Å²) in [7, 11) is -3.68. The van der Waals surface area contributed by atoms with Gasteiger partial charge >= 0.3 is 0 Å². The summed E-state index contributed by atoms with van der Waals surface area (Å²) in [6, 6.07) is 3.82. The van der Waals surface area contributed by atoms with Gasteiger partial charge in [0.25, 0.3) is 0 Å². The Balaban J connectivity index is 2.34. The zero-order valence-electron chi connectivity index (χ0n) is 10.7. The lowest BCUT2D eigenvalue weighted by Crippen LogP contribution is -2.50. The number of morpholine rings is 1. The number of benzene rings is 1. The van der Waals surface area contributed by atoms with E-state index < -0.39 is 21.4 Å². The van der Waals surface area contributed by atoms with Crippen LogP contribution in [0.1, 0.15) is 13.8 Å². The molecule has 1 aromatic rings. The van der Waals surface area contributed by atoms with Gasteiger partial charge < -0.3 is 4.74 Å². The van der Waals surface area contributed by atoms with Crippen LogP contribution in [0.3, 0.4) is 0 Å². The third kappa shape index (κ3) is 3.16. The van der Waals surface area contributed by atoms with Gasteiger partial charge in [0.15, 0.2) is 0 Å². The lowest BCUT2D eigenvalue weighted by molar-refractivity contribution is -0.0640. The van der Waals surface area contributed by atoms with E-state index in [2.05, 4.69) is 15.9 Å². The predicted octanol–water partition coefficient (Wildman–Crippen LogP) is 2.39. The quantitative estimate of drug-likeness (QED) is 0.821. The highest BCUT2D eigenvalue weighted by Crippen LogP contribution is 2.25. The lowest BCUT2D eigenvalue weighted by atomic mass is 10.1. The summed E-state index contributed by atoms with van der Waals surface area (Å²) in [6.07, 6.45) is 0. The van der Waals surface area contributed by atoms with Gasteiger partial charge in [0.05, 0.1) is 21.6 Å². The van der Waals surface area contributed by atoms with E-state index in [-0.39, 0.29) is 22.5 Å².